The highest BCUT2D eigenvalue weighted by Crippen LogP contribution is 2.16. The van der Waals surface area contributed by atoms with E-state index < -0.39 is 11.8 Å². The van der Waals surface area contributed by atoms with Crippen molar-refractivity contribution in [3.05, 3.63) is 59.2 Å². The Morgan fingerprint density at radius 1 is 0.862 bits per heavy atom. The van der Waals surface area contributed by atoms with E-state index in [4.69, 9.17) is 4.74 Å². The van der Waals surface area contributed by atoms with Crippen LogP contribution < -0.4 is 20.9 Å². The van der Waals surface area contributed by atoms with Gasteiger partial charge in [0.25, 0.3) is 5.91 Å². The van der Waals surface area contributed by atoms with E-state index in [2.05, 4.69) is 23.1 Å². The standard InChI is InChI=1S/C22H27N3O4/c1-4-17-7-9-18(10-8-17)29-14-22(28)25-24-21(27)12-11-20(26)23-19-13-15(2)5-6-16(19)3/h5-10,13H,4,11-12,14H2,1-3H3,(H,23,26)(H,24,27)(H,25,28). The molecule has 0 aliphatic heterocycles. The van der Waals surface area contributed by atoms with Crippen molar-refractivity contribution in [1.29, 1.82) is 0 Å². The topological polar surface area (TPSA) is 96.5 Å². The zero-order chi connectivity index (χ0) is 21.2. The lowest BCUT2D eigenvalue weighted by atomic mass is 10.1. The van der Waals surface area contributed by atoms with Crippen LogP contribution in [0.25, 0.3) is 0 Å². The lowest BCUT2D eigenvalue weighted by Gasteiger charge is -2.10. The molecule has 0 saturated carbocycles. The molecular weight excluding hydrogens is 370 g/mol. The molecule has 0 aliphatic rings. The fourth-order valence-corrected chi connectivity index (χ4v) is 2.52. The van der Waals surface area contributed by atoms with Gasteiger partial charge in [0.15, 0.2) is 6.61 Å². The van der Waals surface area contributed by atoms with Crippen molar-refractivity contribution in [3.8, 4) is 5.75 Å². The predicted molar refractivity (Wildman–Crippen MR) is 111 cm³/mol. The summed E-state index contributed by atoms with van der Waals surface area (Å²) in [6, 6.07) is 13.2. The Labute approximate surface area is 170 Å². The summed E-state index contributed by atoms with van der Waals surface area (Å²) >= 11 is 0. The molecule has 0 spiro atoms. The van der Waals surface area contributed by atoms with Crippen LogP contribution in [0.3, 0.4) is 0 Å². The summed E-state index contributed by atoms with van der Waals surface area (Å²) in [5.74, 6) is -0.634. The smallest absolute Gasteiger partial charge is 0.276 e. The molecule has 0 heterocycles. The van der Waals surface area contributed by atoms with Gasteiger partial charge in [0, 0.05) is 18.5 Å². The molecule has 0 bridgehead atoms. The Bertz CT molecular complexity index is 863. The molecule has 0 radical (unpaired) electrons. The molecule has 0 aliphatic carbocycles. The van der Waals surface area contributed by atoms with Gasteiger partial charge in [0.1, 0.15) is 5.75 Å². The van der Waals surface area contributed by atoms with Crippen LogP contribution in [0.1, 0.15) is 36.5 Å². The first kappa shape index (κ1) is 21.9. The van der Waals surface area contributed by atoms with Crippen molar-refractivity contribution in [2.75, 3.05) is 11.9 Å². The first-order valence-electron chi connectivity index (χ1n) is 9.54. The van der Waals surface area contributed by atoms with Crippen LogP contribution in [0.5, 0.6) is 5.75 Å². The van der Waals surface area contributed by atoms with Crippen LogP contribution in [0, 0.1) is 13.8 Å². The molecule has 0 saturated heterocycles. The van der Waals surface area contributed by atoms with E-state index in [0.29, 0.717) is 5.75 Å². The minimum atomic E-state index is -0.488. The van der Waals surface area contributed by atoms with E-state index in [1.807, 2.05) is 44.2 Å². The number of carbonyl (C=O) groups excluding carboxylic acids is 3. The summed E-state index contributed by atoms with van der Waals surface area (Å²) < 4.78 is 5.36. The van der Waals surface area contributed by atoms with Crippen molar-refractivity contribution in [2.45, 2.75) is 40.0 Å². The van der Waals surface area contributed by atoms with E-state index in [9.17, 15) is 14.4 Å². The molecule has 7 nitrogen and oxygen atoms in total. The van der Waals surface area contributed by atoms with E-state index >= 15 is 0 Å². The number of carbonyl (C=O) groups is 3. The zero-order valence-electron chi connectivity index (χ0n) is 17.0. The SMILES string of the molecule is CCc1ccc(OCC(=O)NNC(=O)CCC(=O)Nc2cc(C)ccc2C)cc1. The molecule has 2 rings (SSSR count). The highest BCUT2D eigenvalue weighted by atomic mass is 16.5. The maximum absolute atomic E-state index is 12.0. The van der Waals surface area contributed by atoms with Crippen LogP contribution >= 0.6 is 0 Å². The largest absolute Gasteiger partial charge is 0.484 e. The van der Waals surface area contributed by atoms with Crippen LogP contribution in [0.4, 0.5) is 5.69 Å². The second-order valence-corrected chi connectivity index (χ2v) is 6.75. The molecular formula is C22H27N3O4. The summed E-state index contributed by atoms with van der Waals surface area (Å²) in [5.41, 5.74) is 8.44. The number of rotatable bonds is 8. The van der Waals surface area contributed by atoms with Crippen molar-refractivity contribution in [1.82, 2.24) is 10.9 Å². The molecule has 0 unspecified atom stereocenters. The Balaban J connectivity index is 1.66. The van der Waals surface area contributed by atoms with Crippen LogP contribution in [0.15, 0.2) is 42.5 Å². The quantitative estimate of drug-likeness (QED) is 0.597. The van der Waals surface area contributed by atoms with Gasteiger partial charge in [0.2, 0.25) is 11.8 Å². The van der Waals surface area contributed by atoms with Crippen molar-refractivity contribution < 1.29 is 19.1 Å². The Hall–Kier alpha value is -3.35. The first-order valence-corrected chi connectivity index (χ1v) is 9.54. The van der Waals surface area contributed by atoms with Gasteiger partial charge < -0.3 is 10.1 Å². The monoisotopic (exact) mass is 397 g/mol. The van der Waals surface area contributed by atoms with E-state index in [0.717, 1.165) is 23.2 Å². The van der Waals surface area contributed by atoms with Crippen LogP contribution in [0.2, 0.25) is 0 Å². The van der Waals surface area contributed by atoms with Gasteiger partial charge >= 0.3 is 0 Å². The third kappa shape index (κ3) is 7.65. The van der Waals surface area contributed by atoms with Crippen LogP contribution in [-0.4, -0.2) is 24.3 Å². The number of benzene rings is 2. The first-order chi connectivity index (χ1) is 13.9. The summed E-state index contributed by atoms with van der Waals surface area (Å²) in [5, 5.41) is 2.79. The molecule has 2 aromatic rings. The molecule has 7 heteroatoms. The number of amides is 3. The predicted octanol–water partition coefficient (Wildman–Crippen LogP) is 2.81. The Morgan fingerprint density at radius 3 is 2.21 bits per heavy atom. The van der Waals surface area contributed by atoms with E-state index in [-0.39, 0.29) is 25.4 Å². The number of nitrogens with one attached hydrogen (secondary N) is 3. The van der Waals surface area contributed by atoms with Gasteiger partial charge in [-0.25, -0.2) is 0 Å². The van der Waals surface area contributed by atoms with Crippen molar-refractivity contribution in [3.63, 3.8) is 0 Å². The molecule has 0 fully saturated rings. The second kappa shape index (κ2) is 10.8. The summed E-state index contributed by atoms with van der Waals surface area (Å²) in [4.78, 5) is 35.6. The average Bonchev–Trinajstić information content (AvgIpc) is 2.72. The summed E-state index contributed by atoms with van der Waals surface area (Å²) in [7, 11) is 0. The Kier molecular flexibility index (Phi) is 8.21. The zero-order valence-corrected chi connectivity index (χ0v) is 17.0. The normalized spacial score (nSPS) is 10.2. The van der Waals surface area contributed by atoms with Gasteiger partial charge in [-0.15, -0.1) is 0 Å². The molecule has 29 heavy (non-hydrogen) atoms. The van der Waals surface area contributed by atoms with Gasteiger partial charge in [-0.1, -0.05) is 31.2 Å². The Morgan fingerprint density at radius 2 is 1.52 bits per heavy atom. The molecule has 0 aromatic heterocycles. The van der Waals surface area contributed by atoms with Gasteiger partial charge in [-0.2, -0.15) is 0 Å². The number of hydrogen-bond donors (Lipinski definition) is 3. The summed E-state index contributed by atoms with van der Waals surface area (Å²) in [6.07, 6.45) is 0.890. The number of hydrazine groups is 1. The second-order valence-electron chi connectivity index (χ2n) is 6.75. The summed E-state index contributed by atoms with van der Waals surface area (Å²) in [6.45, 7) is 5.67. The maximum Gasteiger partial charge on any atom is 0.276 e. The third-order valence-corrected chi connectivity index (χ3v) is 4.29. The highest BCUT2D eigenvalue weighted by Gasteiger charge is 2.10. The number of ether oxygens (including phenoxy) is 1. The van der Waals surface area contributed by atoms with Crippen LogP contribution in [-0.2, 0) is 20.8 Å². The third-order valence-electron chi connectivity index (χ3n) is 4.29. The molecule has 2 aromatic carbocycles. The molecule has 0 atom stereocenters. The molecule has 3 N–H and O–H groups in total. The number of aryl methyl sites for hydroxylation is 3. The fourth-order valence-electron chi connectivity index (χ4n) is 2.52. The van der Waals surface area contributed by atoms with Crippen molar-refractivity contribution >= 4 is 23.4 Å². The minimum Gasteiger partial charge on any atom is -0.484 e. The maximum atomic E-state index is 12.0. The van der Waals surface area contributed by atoms with Crippen molar-refractivity contribution in [2.24, 2.45) is 0 Å². The van der Waals surface area contributed by atoms with Gasteiger partial charge in [0.05, 0.1) is 0 Å². The number of anilines is 1. The number of hydrogen-bond acceptors (Lipinski definition) is 4. The lowest BCUT2D eigenvalue weighted by molar-refractivity contribution is -0.130. The van der Waals surface area contributed by atoms with Gasteiger partial charge in [-0.05, 0) is 55.2 Å². The van der Waals surface area contributed by atoms with E-state index in [1.165, 1.54) is 5.56 Å². The minimum absolute atomic E-state index is 0.00929. The van der Waals surface area contributed by atoms with Gasteiger partial charge in [-0.3, -0.25) is 25.2 Å². The molecule has 154 valence electrons. The van der Waals surface area contributed by atoms with E-state index in [1.54, 1.807) is 12.1 Å². The fraction of sp³-hybridized carbons (Fsp3) is 0.318. The highest BCUT2D eigenvalue weighted by molar-refractivity contribution is 5.94. The molecule has 3 amide bonds. The lowest BCUT2D eigenvalue weighted by Crippen LogP contribution is -2.44. The average molecular weight is 397 g/mol.